The molecule has 0 amide bonds. The van der Waals surface area contributed by atoms with E-state index in [2.05, 4.69) is 43.0 Å². The number of likely N-dealkylation sites (N-methyl/N-ethyl adjacent to an activating group) is 1. The number of nitrogens with zero attached hydrogens (tertiary/aromatic N) is 1. The van der Waals surface area contributed by atoms with Crippen molar-refractivity contribution in [1.82, 2.24) is 10.2 Å². The van der Waals surface area contributed by atoms with Crippen molar-refractivity contribution in [2.24, 2.45) is 0 Å². The number of hydrogen-bond donors (Lipinski definition) is 1. The lowest BCUT2D eigenvalue weighted by Gasteiger charge is -2.46. The number of hydrogen-bond acceptors (Lipinski definition) is 2. The summed E-state index contributed by atoms with van der Waals surface area (Å²) < 4.78 is 0. The summed E-state index contributed by atoms with van der Waals surface area (Å²) in [6.07, 6.45) is 6.10. The van der Waals surface area contributed by atoms with Crippen LogP contribution in [0.1, 0.15) is 52.9 Å². The molecule has 1 saturated heterocycles. The highest BCUT2D eigenvalue weighted by Crippen LogP contribution is 2.32. The Morgan fingerprint density at radius 2 is 1.82 bits per heavy atom. The second kappa shape index (κ2) is 7.03. The van der Waals surface area contributed by atoms with Gasteiger partial charge in [0, 0.05) is 18.0 Å². The number of rotatable bonds is 6. The molecule has 1 atom stereocenters. The molecule has 1 rings (SSSR count). The maximum absolute atomic E-state index is 3.51. The summed E-state index contributed by atoms with van der Waals surface area (Å²) in [5, 5.41) is 3.51. The van der Waals surface area contributed by atoms with Gasteiger partial charge in [-0.1, -0.05) is 13.8 Å². The van der Waals surface area contributed by atoms with Gasteiger partial charge in [0.25, 0.3) is 0 Å². The minimum atomic E-state index is 0.301. The third-order valence-electron chi connectivity index (χ3n) is 4.44. The molecule has 2 nitrogen and oxygen atoms in total. The molecule has 0 bridgehead atoms. The standard InChI is InChI=1S/C15H28N2/c1-5-8-11-14(16-4)15(6-2,7-3)17-12-9-10-13-17/h14,16H,6-7,9-13H2,1-4H3. The third-order valence-corrected chi connectivity index (χ3v) is 4.44. The van der Waals surface area contributed by atoms with E-state index in [-0.39, 0.29) is 0 Å². The second-order valence-corrected chi connectivity index (χ2v) is 4.98. The molecule has 0 aromatic carbocycles. The lowest BCUT2D eigenvalue weighted by molar-refractivity contribution is 0.0668. The van der Waals surface area contributed by atoms with Gasteiger partial charge in [-0.05, 0) is 52.7 Å². The van der Waals surface area contributed by atoms with Crippen LogP contribution in [0.2, 0.25) is 0 Å². The fraction of sp³-hybridized carbons (Fsp3) is 0.867. The molecule has 1 N–H and O–H groups in total. The molecule has 17 heavy (non-hydrogen) atoms. The zero-order valence-electron chi connectivity index (χ0n) is 12.0. The summed E-state index contributed by atoms with van der Waals surface area (Å²) in [7, 11) is 2.08. The molecule has 1 fully saturated rings. The normalized spacial score (nSPS) is 18.8. The minimum Gasteiger partial charge on any atom is -0.314 e. The van der Waals surface area contributed by atoms with Crippen LogP contribution >= 0.6 is 0 Å². The van der Waals surface area contributed by atoms with E-state index in [4.69, 9.17) is 0 Å². The Hall–Kier alpha value is -0.520. The Balaban J connectivity index is 2.88. The number of likely N-dealkylation sites (tertiary alicyclic amines) is 1. The fourth-order valence-electron chi connectivity index (χ4n) is 3.34. The topological polar surface area (TPSA) is 15.3 Å². The van der Waals surface area contributed by atoms with E-state index < -0.39 is 0 Å². The van der Waals surface area contributed by atoms with Crippen LogP contribution in [0.4, 0.5) is 0 Å². The van der Waals surface area contributed by atoms with Crippen molar-refractivity contribution in [3.05, 3.63) is 0 Å². The molecule has 0 saturated carbocycles. The Kier molecular flexibility index (Phi) is 6.02. The van der Waals surface area contributed by atoms with E-state index >= 15 is 0 Å². The lowest BCUT2D eigenvalue weighted by atomic mass is 9.81. The average Bonchev–Trinajstić information content (AvgIpc) is 2.89. The van der Waals surface area contributed by atoms with Crippen molar-refractivity contribution < 1.29 is 0 Å². The van der Waals surface area contributed by atoms with Crippen molar-refractivity contribution >= 4 is 0 Å². The highest BCUT2D eigenvalue weighted by atomic mass is 15.2. The van der Waals surface area contributed by atoms with Gasteiger partial charge in [0.15, 0.2) is 0 Å². The van der Waals surface area contributed by atoms with Crippen LogP contribution in [0.3, 0.4) is 0 Å². The van der Waals surface area contributed by atoms with Gasteiger partial charge in [0.05, 0.1) is 0 Å². The minimum absolute atomic E-state index is 0.301. The van der Waals surface area contributed by atoms with Crippen LogP contribution in [0.5, 0.6) is 0 Å². The predicted molar refractivity (Wildman–Crippen MR) is 75.0 cm³/mol. The smallest absolute Gasteiger partial charge is 0.0366 e. The lowest BCUT2D eigenvalue weighted by Crippen LogP contribution is -2.59. The van der Waals surface area contributed by atoms with Gasteiger partial charge in [-0.25, -0.2) is 0 Å². The maximum Gasteiger partial charge on any atom is 0.0366 e. The van der Waals surface area contributed by atoms with Gasteiger partial charge < -0.3 is 5.32 Å². The monoisotopic (exact) mass is 236 g/mol. The van der Waals surface area contributed by atoms with Crippen molar-refractivity contribution in [2.45, 2.75) is 64.5 Å². The Morgan fingerprint density at radius 3 is 2.24 bits per heavy atom. The molecule has 0 aliphatic carbocycles. The summed E-state index contributed by atoms with van der Waals surface area (Å²) in [5.41, 5.74) is 0.301. The zero-order valence-corrected chi connectivity index (χ0v) is 12.0. The molecule has 0 radical (unpaired) electrons. The van der Waals surface area contributed by atoms with Gasteiger partial charge >= 0.3 is 0 Å². The van der Waals surface area contributed by atoms with Crippen LogP contribution in [0, 0.1) is 11.8 Å². The van der Waals surface area contributed by atoms with Crippen LogP contribution in [-0.2, 0) is 0 Å². The van der Waals surface area contributed by atoms with Crippen molar-refractivity contribution in [3.8, 4) is 11.8 Å². The third kappa shape index (κ3) is 3.03. The van der Waals surface area contributed by atoms with E-state index in [1.165, 1.54) is 38.8 Å². The highest BCUT2D eigenvalue weighted by Gasteiger charge is 2.40. The molecule has 0 aromatic heterocycles. The first-order valence-corrected chi connectivity index (χ1v) is 7.07. The largest absolute Gasteiger partial charge is 0.314 e. The zero-order chi connectivity index (χ0) is 12.7. The summed E-state index contributed by atoms with van der Waals surface area (Å²) in [4.78, 5) is 2.70. The van der Waals surface area contributed by atoms with Crippen LogP contribution in [0.25, 0.3) is 0 Å². The first-order valence-electron chi connectivity index (χ1n) is 7.07. The molecule has 1 aliphatic rings. The summed E-state index contributed by atoms with van der Waals surface area (Å²) in [6.45, 7) is 9.11. The van der Waals surface area contributed by atoms with Gasteiger partial charge in [0.1, 0.15) is 0 Å². The predicted octanol–water partition coefficient (Wildman–Crippen LogP) is 2.64. The summed E-state index contributed by atoms with van der Waals surface area (Å²) >= 11 is 0. The van der Waals surface area contributed by atoms with Crippen LogP contribution < -0.4 is 5.32 Å². The first-order chi connectivity index (χ1) is 8.25. The maximum atomic E-state index is 3.51. The van der Waals surface area contributed by atoms with Gasteiger partial charge in [-0.3, -0.25) is 4.90 Å². The Morgan fingerprint density at radius 1 is 1.24 bits per heavy atom. The molecule has 2 heteroatoms. The molecule has 1 unspecified atom stereocenters. The molecule has 0 aromatic rings. The summed E-state index contributed by atoms with van der Waals surface area (Å²) in [6, 6.07) is 0.489. The average molecular weight is 236 g/mol. The van der Waals surface area contributed by atoms with E-state index in [0.29, 0.717) is 11.6 Å². The van der Waals surface area contributed by atoms with Gasteiger partial charge in [0.2, 0.25) is 0 Å². The molecule has 0 spiro atoms. The van der Waals surface area contributed by atoms with Crippen molar-refractivity contribution in [3.63, 3.8) is 0 Å². The van der Waals surface area contributed by atoms with E-state index in [1.807, 2.05) is 6.92 Å². The van der Waals surface area contributed by atoms with E-state index in [1.54, 1.807) is 0 Å². The van der Waals surface area contributed by atoms with Crippen LogP contribution in [-0.4, -0.2) is 36.6 Å². The Bertz CT molecular complexity index is 264. The van der Waals surface area contributed by atoms with Gasteiger partial charge in [-0.15, -0.1) is 11.8 Å². The molecule has 1 heterocycles. The molecule has 1 aliphatic heterocycles. The van der Waals surface area contributed by atoms with Gasteiger partial charge in [-0.2, -0.15) is 0 Å². The fourth-order valence-corrected chi connectivity index (χ4v) is 3.34. The highest BCUT2D eigenvalue weighted by molar-refractivity contribution is 5.07. The summed E-state index contributed by atoms with van der Waals surface area (Å²) in [5.74, 6) is 6.29. The van der Waals surface area contributed by atoms with E-state index in [9.17, 15) is 0 Å². The van der Waals surface area contributed by atoms with Crippen molar-refractivity contribution in [1.29, 1.82) is 0 Å². The Labute approximate surface area is 107 Å². The second-order valence-electron chi connectivity index (χ2n) is 4.98. The van der Waals surface area contributed by atoms with Crippen molar-refractivity contribution in [2.75, 3.05) is 20.1 Å². The molecular formula is C15H28N2. The first kappa shape index (κ1) is 14.5. The number of nitrogens with one attached hydrogen (secondary N) is 1. The molecule has 98 valence electrons. The van der Waals surface area contributed by atoms with Crippen LogP contribution in [0.15, 0.2) is 0 Å². The molecular weight excluding hydrogens is 208 g/mol. The quantitative estimate of drug-likeness (QED) is 0.713. The van der Waals surface area contributed by atoms with E-state index in [0.717, 1.165) is 6.42 Å². The SMILES string of the molecule is CC#CCC(NC)C(CC)(CC)N1CCCC1.